The first-order chi connectivity index (χ1) is 11.1. The van der Waals surface area contributed by atoms with E-state index in [0.717, 1.165) is 0 Å². The van der Waals surface area contributed by atoms with E-state index in [9.17, 15) is 9.18 Å². The van der Waals surface area contributed by atoms with Crippen molar-refractivity contribution in [1.82, 2.24) is 15.0 Å². The maximum atomic E-state index is 13.6. The number of hydrogen-bond donors (Lipinski definition) is 1. The van der Waals surface area contributed by atoms with Crippen LogP contribution in [0.1, 0.15) is 5.69 Å². The lowest BCUT2D eigenvalue weighted by Crippen LogP contribution is -2.26. The van der Waals surface area contributed by atoms with Crippen molar-refractivity contribution in [2.24, 2.45) is 0 Å². The molecule has 1 saturated heterocycles. The molecule has 23 heavy (non-hydrogen) atoms. The Hall–Kier alpha value is -1.75. The summed E-state index contributed by atoms with van der Waals surface area (Å²) in [6.45, 7) is 0.671. The van der Waals surface area contributed by atoms with Crippen molar-refractivity contribution in [2.45, 2.75) is 19.1 Å². The van der Waals surface area contributed by atoms with Gasteiger partial charge in [0.2, 0.25) is 0 Å². The first kappa shape index (κ1) is 16.1. The van der Waals surface area contributed by atoms with Crippen molar-refractivity contribution < 1.29 is 19.0 Å². The van der Waals surface area contributed by atoms with Gasteiger partial charge in [0, 0.05) is 22.8 Å². The van der Waals surface area contributed by atoms with Gasteiger partial charge in [0.25, 0.3) is 0 Å². The van der Waals surface area contributed by atoms with Crippen LogP contribution in [0.25, 0.3) is 0 Å². The van der Waals surface area contributed by atoms with Gasteiger partial charge in [0.15, 0.2) is 0 Å². The molecule has 1 aliphatic rings. The molecule has 1 aromatic heterocycles. The third-order valence-electron chi connectivity index (χ3n) is 3.43. The molecule has 122 valence electrons. The van der Waals surface area contributed by atoms with Crippen LogP contribution in [0.4, 0.5) is 14.9 Å². The van der Waals surface area contributed by atoms with Crippen LogP contribution in [0, 0.1) is 9.39 Å². The third kappa shape index (κ3) is 3.61. The van der Waals surface area contributed by atoms with Crippen LogP contribution in [0.15, 0.2) is 24.4 Å². The van der Waals surface area contributed by atoms with E-state index >= 15 is 0 Å². The van der Waals surface area contributed by atoms with Gasteiger partial charge in [0.1, 0.15) is 11.9 Å². The van der Waals surface area contributed by atoms with Crippen molar-refractivity contribution in [2.75, 3.05) is 18.1 Å². The molecule has 0 radical (unpaired) electrons. The number of carbonyl (C=O) groups excluding carboxylic acids is 1. The highest BCUT2D eigenvalue weighted by molar-refractivity contribution is 14.1. The number of halogens is 2. The van der Waals surface area contributed by atoms with E-state index in [1.54, 1.807) is 23.0 Å². The molecular weight excluding hydrogens is 418 g/mol. The van der Waals surface area contributed by atoms with Gasteiger partial charge in [-0.05, 0) is 40.8 Å². The second kappa shape index (κ2) is 6.79. The average Bonchev–Trinajstić information content (AvgIpc) is 3.10. The van der Waals surface area contributed by atoms with Crippen molar-refractivity contribution in [3.63, 3.8) is 0 Å². The fourth-order valence-electron chi connectivity index (χ4n) is 2.35. The maximum Gasteiger partial charge on any atom is 0.414 e. The summed E-state index contributed by atoms with van der Waals surface area (Å²) in [5, 5.41) is 16.7. The Balaban J connectivity index is 1.67. The van der Waals surface area contributed by atoms with Crippen LogP contribution in [-0.2, 0) is 17.7 Å². The molecule has 1 N–H and O–H groups in total. The summed E-state index contributed by atoms with van der Waals surface area (Å²) >= 11 is 1.89. The molecule has 2 heterocycles. The normalized spacial score (nSPS) is 17.6. The zero-order valence-corrected chi connectivity index (χ0v) is 14.2. The molecule has 3 rings (SSSR count). The summed E-state index contributed by atoms with van der Waals surface area (Å²) in [7, 11) is 0. The van der Waals surface area contributed by atoms with Gasteiger partial charge in [-0.3, -0.25) is 4.90 Å². The molecule has 1 amide bonds. The minimum atomic E-state index is -0.508. The summed E-state index contributed by atoms with van der Waals surface area (Å²) in [6.07, 6.45) is 1.23. The number of benzene rings is 1. The van der Waals surface area contributed by atoms with Gasteiger partial charge in [-0.25, -0.2) is 13.9 Å². The molecule has 9 heteroatoms. The first-order valence-corrected chi connectivity index (χ1v) is 8.08. The Kier molecular flexibility index (Phi) is 4.76. The quantitative estimate of drug-likeness (QED) is 0.727. The van der Waals surface area contributed by atoms with Gasteiger partial charge < -0.3 is 9.84 Å². The van der Waals surface area contributed by atoms with Crippen LogP contribution in [0.5, 0.6) is 0 Å². The van der Waals surface area contributed by atoms with E-state index in [4.69, 9.17) is 9.84 Å². The fraction of sp³-hybridized carbons (Fsp3) is 0.357. The number of nitrogens with zero attached hydrogens (tertiary/aromatic N) is 4. The number of aliphatic hydroxyl groups excluding tert-OH is 1. The lowest BCUT2D eigenvalue weighted by molar-refractivity contribution is 0.129. The minimum absolute atomic E-state index is 0.00323. The Labute approximate surface area is 145 Å². The number of cyclic esters (lactones) is 1. The molecule has 2 aromatic rings. The van der Waals surface area contributed by atoms with Gasteiger partial charge in [0.05, 0.1) is 24.5 Å². The van der Waals surface area contributed by atoms with Crippen LogP contribution in [0.2, 0.25) is 0 Å². The predicted molar refractivity (Wildman–Crippen MR) is 87.5 cm³/mol. The molecule has 1 atom stereocenters. The van der Waals surface area contributed by atoms with Crippen molar-refractivity contribution in [1.29, 1.82) is 0 Å². The number of aliphatic hydroxyl groups is 1. The Morgan fingerprint density at radius 2 is 2.30 bits per heavy atom. The summed E-state index contributed by atoms with van der Waals surface area (Å²) in [4.78, 5) is 13.4. The number of rotatable bonds is 5. The smallest absolute Gasteiger partial charge is 0.414 e. The zero-order valence-electron chi connectivity index (χ0n) is 12.0. The number of ether oxygens (including phenoxy) is 1. The van der Waals surface area contributed by atoms with Gasteiger partial charge in [-0.2, -0.15) is 0 Å². The second-order valence-electron chi connectivity index (χ2n) is 5.12. The summed E-state index contributed by atoms with van der Waals surface area (Å²) in [5.41, 5.74) is 1.14. The lowest BCUT2D eigenvalue weighted by atomic mass is 10.2. The molecule has 1 aliphatic heterocycles. The van der Waals surface area contributed by atoms with E-state index in [2.05, 4.69) is 10.3 Å². The standard InChI is InChI=1S/C14H14FIN4O3/c15-12-5-10(1-2-13(12)16)20-8-11(23-14(20)22)7-19-6-9(3-4-21)17-18-19/h1-2,5-6,11,21H,3-4,7-8H2/t11-/m0/s1. The van der Waals surface area contributed by atoms with Crippen molar-refractivity contribution >= 4 is 34.4 Å². The van der Waals surface area contributed by atoms with E-state index in [1.807, 2.05) is 22.6 Å². The highest BCUT2D eigenvalue weighted by atomic mass is 127. The van der Waals surface area contributed by atoms with Crippen LogP contribution in [-0.4, -0.2) is 45.4 Å². The maximum absolute atomic E-state index is 13.6. The van der Waals surface area contributed by atoms with E-state index in [1.165, 1.54) is 11.0 Å². The number of aromatic nitrogens is 3. The predicted octanol–water partition coefficient (Wildman–Crippen LogP) is 1.58. The third-order valence-corrected chi connectivity index (χ3v) is 4.31. The monoisotopic (exact) mass is 432 g/mol. The summed E-state index contributed by atoms with van der Waals surface area (Å²) in [6, 6.07) is 4.62. The summed E-state index contributed by atoms with van der Waals surface area (Å²) in [5.74, 6) is -0.371. The molecule has 0 saturated carbocycles. The van der Waals surface area contributed by atoms with E-state index in [0.29, 0.717) is 34.5 Å². The SMILES string of the molecule is O=C1O[C@@H](Cn2cc(CCO)nn2)CN1c1ccc(I)c(F)c1. The van der Waals surface area contributed by atoms with Gasteiger partial charge in [-0.15, -0.1) is 5.10 Å². The molecule has 7 nitrogen and oxygen atoms in total. The van der Waals surface area contributed by atoms with Crippen LogP contribution < -0.4 is 4.90 Å². The lowest BCUT2D eigenvalue weighted by Gasteiger charge is -2.13. The van der Waals surface area contributed by atoms with Gasteiger partial charge >= 0.3 is 6.09 Å². The molecule has 0 unspecified atom stereocenters. The number of amides is 1. The highest BCUT2D eigenvalue weighted by Gasteiger charge is 2.33. The molecule has 0 spiro atoms. The average molecular weight is 432 g/mol. The first-order valence-electron chi connectivity index (χ1n) is 7.00. The highest BCUT2D eigenvalue weighted by Crippen LogP contribution is 2.25. The number of anilines is 1. The summed E-state index contributed by atoms with van der Waals surface area (Å²) < 4.78 is 21.0. The molecule has 1 fully saturated rings. The molecule has 0 bridgehead atoms. The Morgan fingerprint density at radius 3 is 3.04 bits per heavy atom. The minimum Gasteiger partial charge on any atom is -0.442 e. The zero-order chi connectivity index (χ0) is 16.4. The van der Waals surface area contributed by atoms with Crippen LogP contribution >= 0.6 is 22.6 Å². The number of hydrogen-bond acceptors (Lipinski definition) is 5. The van der Waals surface area contributed by atoms with Crippen molar-refractivity contribution in [3.05, 3.63) is 39.5 Å². The molecular formula is C14H14FIN4O3. The Morgan fingerprint density at radius 1 is 1.48 bits per heavy atom. The fourth-order valence-corrected chi connectivity index (χ4v) is 2.68. The van der Waals surface area contributed by atoms with E-state index < -0.39 is 12.2 Å². The Bertz CT molecular complexity index is 724. The van der Waals surface area contributed by atoms with E-state index in [-0.39, 0.29) is 12.4 Å². The molecule has 1 aromatic carbocycles. The van der Waals surface area contributed by atoms with Crippen LogP contribution in [0.3, 0.4) is 0 Å². The molecule has 0 aliphatic carbocycles. The largest absolute Gasteiger partial charge is 0.442 e. The van der Waals surface area contributed by atoms with Crippen molar-refractivity contribution in [3.8, 4) is 0 Å². The number of carbonyl (C=O) groups is 1. The topological polar surface area (TPSA) is 80.5 Å². The second-order valence-corrected chi connectivity index (χ2v) is 6.28. The van der Waals surface area contributed by atoms with Gasteiger partial charge in [-0.1, -0.05) is 5.21 Å².